The highest BCUT2D eigenvalue weighted by molar-refractivity contribution is 6.05. The van der Waals surface area contributed by atoms with Gasteiger partial charge in [0.1, 0.15) is 5.75 Å². The second kappa shape index (κ2) is 12.5. The number of aromatic nitrogens is 1. The average molecular weight is 564 g/mol. The monoisotopic (exact) mass is 563 g/mol. The molecule has 1 aromatic heterocycles. The fourth-order valence-corrected chi connectivity index (χ4v) is 4.47. The molecule has 0 spiro atoms. The number of aromatic amines is 1. The van der Waals surface area contributed by atoms with Gasteiger partial charge in [0.25, 0.3) is 0 Å². The van der Waals surface area contributed by atoms with Crippen molar-refractivity contribution in [3.63, 3.8) is 0 Å². The molecule has 0 saturated heterocycles. The summed E-state index contributed by atoms with van der Waals surface area (Å²) in [6.07, 6.45) is 2.81. The van der Waals surface area contributed by atoms with Gasteiger partial charge in [-0.15, -0.1) is 0 Å². The number of nitrogens with one attached hydrogen (secondary N) is 3. The van der Waals surface area contributed by atoms with E-state index in [4.69, 9.17) is 14.2 Å². The maximum absolute atomic E-state index is 13.3. The first-order valence-electron chi connectivity index (χ1n) is 13.0. The SMILES string of the molecule is COc1ccc(C(CC(=O)N[C@H](C(=O)c2c(O)[nH]c(O)c2C)C(C)C)NC(=O)C=Cc2ccc3c(c2)OCO3)cc1. The van der Waals surface area contributed by atoms with Crippen LogP contribution in [0, 0.1) is 12.8 Å². The number of hydrogen-bond acceptors (Lipinski definition) is 8. The Bertz CT molecular complexity index is 1460. The zero-order valence-corrected chi connectivity index (χ0v) is 23.2. The van der Waals surface area contributed by atoms with Crippen molar-refractivity contribution in [3.05, 3.63) is 70.8 Å². The number of ether oxygens (including phenoxy) is 3. The van der Waals surface area contributed by atoms with E-state index in [1.807, 2.05) is 0 Å². The molecule has 1 aliphatic heterocycles. The van der Waals surface area contributed by atoms with Crippen LogP contribution >= 0.6 is 0 Å². The molecule has 0 aliphatic carbocycles. The van der Waals surface area contributed by atoms with Gasteiger partial charge in [0.05, 0.1) is 31.2 Å². The number of aromatic hydroxyl groups is 2. The molecule has 0 saturated carbocycles. The Hall–Kier alpha value is -4.93. The number of Topliss-reactive ketones (excluding diaryl/α,β-unsaturated/α-hetero) is 1. The number of hydrogen-bond donors (Lipinski definition) is 5. The number of H-pyrrole nitrogens is 1. The standard InChI is InChI=1S/C30H33N3O8/c1-16(2)27(28(36)26-17(3)29(37)33-30(26)38)32-25(35)14-21(19-7-9-20(39-4)10-8-19)31-24(34)12-6-18-5-11-22-23(13-18)41-15-40-22/h5-13,16,21,27,33,37-38H,14-15H2,1-4H3,(H,31,34)(H,32,35)/t21?,27-/m0/s1. The summed E-state index contributed by atoms with van der Waals surface area (Å²) in [5, 5.41) is 25.6. The number of carbonyl (C=O) groups excluding carboxylic acids is 3. The summed E-state index contributed by atoms with van der Waals surface area (Å²) in [5.41, 5.74) is 1.48. The summed E-state index contributed by atoms with van der Waals surface area (Å²) in [5.74, 6) is -0.759. The van der Waals surface area contributed by atoms with Crippen LogP contribution in [0.3, 0.4) is 0 Å². The molecule has 1 unspecified atom stereocenters. The Balaban J connectivity index is 1.50. The first-order chi connectivity index (χ1) is 19.6. The number of rotatable bonds is 11. The minimum Gasteiger partial charge on any atom is -0.497 e. The third-order valence-corrected chi connectivity index (χ3v) is 6.76. The zero-order valence-electron chi connectivity index (χ0n) is 23.2. The van der Waals surface area contributed by atoms with Gasteiger partial charge in [0, 0.05) is 11.6 Å². The predicted molar refractivity (Wildman–Crippen MR) is 150 cm³/mol. The molecule has 0 radical (unpaired) electrons. The second-order valence-electron chi connectivity index (χ2n) is 9.96. The first kappa shape index (κ1) is 29.1. The Morgan fingerprint density at radius 2 is 1.73 bits per heavy atom. The van der Waals surface area contributed by atoms with E-state index < -0.39 is 35.6 Å². The molecule has 2 aromatic carbocycles. The van der Waals surface area contributed by atoms with E-state index in [0.717, 1.165) is 5.56 Å². The Labute approximate surface area is 237 Å². The molecular formula is C30H33N3O8. The highest BCUT2D eigenvalue weighted by atomic mass is 16.7. The van der Waals surface area contributed by atoms with Crippen molar-refractivity contribution in [2.75, 3.05) is 13.9 Å². The molecule has 3 aromatic rings. The van der Waals surface area contributed by atoms with Crippen molar-refractivity contribution < 1.29 is 38.8 Å². The van der Waals surface area contributed by atoms with E-state index >= 15 is 0 Å². The highest BCUT2D eigenvalue weighted by Gasteiger charge is 2.31. The Morgan fingerprint density at radius 3 is 2.37 bits per heavy atom. The van der Waals surface area contributed by atoms with E-state index in [1.165, 1.54) is 20.1 Å². The molecule has 1 aliphatic rings. The van der Waals surface area contributed by atoms with Crippen molar-refractivity contribution in [1.29, 1.82) is 0 Å². The molecule has 2 atom stereocenters. The molecule has 11 nitrogen and oxygen atoms in total. The smallest absolute Gasteiger partial charge is 0.244 e. The molecule has 2 amide bonds. The molecule has 11 heteroatoms. The van der Waals surface area contributed by atoms with Crippen molar-refractivity contribution in [1.82, 2.24) is 15.6 Å². The third-order valence-electron chi connectivity index (χ3n) is 6.76. The van der Waals surface area contributed by atoms with Gasteiger partial charge in [0.2, 0.25) is 24.5 Å². The molecule has 4 rings (SSSR count). The number of benzene rings is 2. The largest absolute Gasteiger partial charge is 0.497 e. The first-order valence-corrected chi connectivity index (χ1v) is 13.0. The van der Waals surface area contributed by atoms with Crippen LogP contribution < -0.4 is 24.8 Å². The third kappa shape index (κ3) is 6.81. The van der Waals surface area contributed by atoms with Gasteiger partial charge in [-0.25, -0.2) is 0 Å². The number of amides is 2. The summed E-state index contributed by atoms with van der Waals surface area (Å²) in [6.45, 7) is 5.15. The van der Waals surface area contributed by atoms with Gasteiger partial charge in [0.15, 0.2) is 23.2 Å². The lowest BCUT2D eigenvalue weighted by atomic mass is 9.93. The average Bonchev–Trinajstić information content (AvgIpc) is 3.52. The Morgan fingerprint density at radius 1 is 1.02 bits per heavy atom. The van der Waals surface area contributed by atoms with Gasteiger partial charge in [-0.3, -0.25) is 19.4 Å². The summed E-state index contributed by atoms with van der Waals surface area (Å²) in [4.78, 5) is 41.7. The van der Waals surface area contributed by atoms with Gasteiger partial charge >= 0.3 is 0 Å². The van der Waals surface area contributed by atoms with Crippen LogP contribution in [0.4, 0.5) is 0 Å². The molecule has 0 bridgehead atoms. The fraction of sp³-hybridized carbons (Fsp3) is 0.300. The molecule has 5 N–H and O–H groups in total. The summed E-state index contributed by atoms with van der Waals surface area (Å²) < 4.78 is 15.9. The molecule has 0 fully saturated rings. The highest BCUT2D eigenvalue weighted by Crippen LogP contribution is 2.33. The van der Waals surface area contributed by atoms with E-state index in [0.29, 0.717) is 22.8 Å². The number of fused-ring (bicyclic) bond motifs is 1. The topological polar surface area (TPSA) is 159 Å². The minimum absolute atomic E-state index is 0.0878. The van der Waals surface area contributed by atoms with Crippen molar-refractivity contribution in [3.8, 4) is 29.0 Å². The maximum Gasteiger partial charge on any atom is 0.244 e. The molecule has 2 heterocycles. The second-order valence-corrected chi connectivity index (χ2v) is 9.96. The lowest BCUT2D eigenvalue weighted by Gasteiger charge is -2.24. The lowest BCUT2D eigenvalue weighted by Crippen LogP contribution is -2.45. The van der Waals surface area contributed by atoms with E-state index in [2.05, 4.69) is 15.6 Å². The maximum atomic E-state index is 13.3. The van der Waals surface area contributed by atoms with Crippen molar-refractivity contribution >= 4 is 23.7 Å². The number of methoxy groups -OCH3 is 1. The fourth-order valence-electron chi connectivity index (χ4n) is 4.47. The van der Waals surface area contributed by atoms with Gasteiger partial charge in [-0.1, -0.05) is 32.0 Å². The Kier molecular flexibility index (Phi) is 8.86. The predicted octanol–water partition coefficient (Wildman–Crippen LogP) is 3.76. The summed E-state index contributed by atoms with van der Waals surface area (Å²) in [7, 11) is 1.54. The quantitative estimate of drug-likeness (QED) is 0.174. The van der Waals surface area contributed by atoms with Crippen LogP contribution in [-0.2, 0) is 9.59 Å². The van der Waals surface area contributed by atoms with Crippen LogP contribution in [0.25, 0.3) is 6.08 Å². The van der Waals surface area contributed by atoms with Crippen LogP contribution in [0.5, 0.6) is 29.0 Å². The van der Waals surface area contributed by atoms with Crippen LogP contribution in [0.15, 0.2) is 48.5 Å². The van der Waals surface area contributed by atoms with Crippen LogP contribution in [0.2, 0.25) is 0 Å². The number of carbonyl (C=O) groups is 3. The van der Waals surface area contributed by atoms with Crippen LogP contribution in [0.1, 0.15) is 53.4 Å². The van der Waals surface area contributed by atoms with E-state index in [9.17, 15) is 24.6 Å². The van der Waals surface area contributed by atoms with Crippen molar-refractivity contribution in [2.45, 2.75) is 39.3 Å². The molecular weight excluding hydrogens is 530 g/mol. The van der Waals surface area contributed by atoms with Gasteiger partial charge in [-0.2, -0.15) is 0 Å². The van der Waals surface area contributed by atoms with E-state index in [-0.39, 0.29) is 36.1 Å². The van der Waals surface area contributed by atoms with Crippen LogP contribution in [-0.4, -0.2) is 52.7 Å². The van der Waals surface area contributed by atoms with E-state index in [1.54, 1.807) is 62.4 Å². The van der Waals surface area contributed by atoms with Crippen molar-refractivity contribution in [2.24, 2.45) is 5.92 Å². The van der Waals surface area contributed by atoms with Gasteiger partial charge < -0.3 is 35.1 Å². The summed E-state index contributed by atoms with van der Waals surface area (Å²) in [6, 6.07) is 10.5. The molecule has 216 valence electrons. The normalized spacial score (nSPS) is 13.7. The lowest BCUT2D eigenvalue weighted by molar-refractivity contribution is -0.123. The molecule has 41 heavy (non-hydrogen) atoms. The number of ketones is 1. The zero-order chi connectivity index (χ0) is 29.7. The van der Waals surface area contributed by atoms with Gasteiger partial charge in [-0.05, 0) is 54.3 Å². The minimum atomic E-state index is -0.986. The summed E-state index contributed by atoms with van der Waals surface area (Å²) >= 11 is 0.